The van der Waals surface area contributed by atoms with Crippen LogP contribution in [0.4, 0.5) is 17.2 Å². The molecule has 0 fully saturated rings. The van der Waals surface area contributed by atoms with Crippen LogP contribution < -0.4 is 10.6 Å². The fourth-order valence-corrected chi connectivity index (χ4v) is 4.21. The maximum atomic E-state index is 12.7. The molecule has 156 valence electrons. The summed E-state index contributed by atoms with van der Waals surface area (Å²) in [7, 11) is 0. The number of amides is 1. The number of hydrogen-bond acceptors (Lipinski definition) is 7. The lowest BCUT2D eigenvalue weighted by molar-refractivity contribution is -0.114. The molecular weight excluding hydrogens is 412 g/mol. The molecule has 0 atom stereocenters. The summed E-state index contributed by atoms with van der Waals surface area (Å²) in [5.41, 5.74) is 3.12. The number of fused-ring (bicyclic) bond motifs is 1. The molecule has 31 heavy (non-hydrogen) atoms. The molecule has 0 aliphatic rings. The largest absolute Gasteiger partial charge is 0.457 e. The summed E-state index contributed by atoms with van der Waals surface area (Å²) < 4.78 is 5.50. The van der Waals surface area contributed by atoms with Crippen LogP contribution in [-0.4, -0.2) is 21.8 Å². The minimum Gasteiger partial charge on any atom is -0.457 e. The van der Waals surface area contributed by atoms with E-state index in [0.29, 0.717) is 21.2 Å². The predicted octanol–water partition coefficient (Wildman–Crippen LogP) is 5.06. The van der Waals surface area contributed by atoms with E-state index in [1.54, 1.807) is 6.07 Å². The first-order chi connectivity index (χ1) is 15.0. The van der Waals surface area contributed by atoms with Crippen molar-refractivity contribution < 1.29 is 14.3 Å². The maximum absolute atomic E-state index is 12.7. The lowest BCUT2D eigenvalue weighted by Gasteiger charge is -2.09. The van der Waals surface area contributed by atoms with Gasteiger partial charge in [0.1, 0.15) is 28.5 Å². The van der Waals surface area contributed by atoms with Crippen molar-refractivity contribution in [2.24, 2.45) is 0 Å². The van der Waals surface area contributed by atoms with Crippen molar-refractivity contribution in [3.63, 3.8) is 0 Å². The van der Waals surface area contributed by atoms with Gasteiger partial charge in [0.15, 0.2) is 0 Å². The van der Waals surface area contributed by atoms with Gasteiger partial charge in [-0.25, -0.2) is 14.8 Å². The zero-order chi connectivity index (χ0) is 21.8. The first-order valence-electron chi connectivity index (χ1n) is 9.61. The van der Waals surface area contributed by atoms with Crippen LogP contribution in [0, 0.1) is 6.92 Å². The Morgan fingerprint density at radius 2 is 1.81 bits per heavy atom. The lowest BCUT2D eigenvalue weighted by atomic mass is 10.2. The van der Waals surface area contributed by atoms with E-state index in [1.165, 1.54) is 24.6 Å². The van der Waals surface area contributed by atoms with Crippen molar-refractivity contribution in [3.8, 4) is 0 Å². The average Bonchev–Trinajstić information content (AvgIpc) is 3.10. The van der Waals surface area contributed by atoms with E-state index >= 15 is 0 Å². The number of anilines is 3. The summed E-state index contributed by atoms with van der Waals surface area (Å²) in [6.07, 6.45) is 1.46. The number of ether oxygens (including phenoxy) is 1. The van der Waals surface area contributed by atoms with E-state index in [4.69, 9.17) is 4.74 Å². The van der Waals surface area contributed by atoms with Gasteiger partial charge in [0.05, 0.1) is 5.39 Å². The summed E-state index contributed by atoms with van der Waals surface area (Å²) in [6, 6.07) is 16.9. The molecule has 8 heteroatoms. The Kier molecular flexibility index (Phi) is 5.90. The molecule has 2 heterocycles. The van der Waals surface area contributed by atoms with E-state index in [-0.39, 0.29) is 18.5 Å². The number of rotatable bonds is 6. The van der Waals surface area contributed by atoms with Gasteiger partial charge in [-0.15, -0.1) is 11.3 Å². The van der Waals surface area contributed by atoms with Gasteiger partial charge in [0.2, 0.25) is 5.91 Å². The summed E-state index contributed by atoms with van der Waals surface area (Å²) in [6.45, 7) is 3.53. The monoisotopic (exact) mass is 432 g/mol. The van der Waals surface area contributed by atoms with Crippen molar-refractivity contribution >= 4 is 50.6 Å². The molecule has 0 unspecified atom stereocenters. The molecule has 0 aliphatic carbocycles. The minimum absolute atomic E-state index is 0.145. The number of aromatic nitrogens is 2. The molecule has 4 rings (SSSR count). The number of carbonyl (C=O) groups excluding carboxylic acids is 2. The molecular formula is C23H20N4O3S. The van der Waals surface area contributed by atoms with Crippen LogP contribution in [0.2, 0.25) is 0 Å². The van der Waals surface area contributed by atoms with Crippen molar-refractivity contribution in [1.29, 1.82) is 0 Å². The van der Waals surface area contributed by atoms with Crippen molar-refractivity contribution in [2.45, 2.75) is 20.5 Å². The third-order valence-electron chi connectivity index (χ3n) is 4.57. The van der Waals surface area contributed by atoms with E-state index < -0.39 is 0 Å². The molecule has 0 saturated carbocycles. The first-order valence-corrected chi connectivity index (χ1v) is 10.4. The van der Waals surface area contributed by atoms with Gasteiger partial charge < -0.3 is 15.4 Å². The van der Waals surface area contributed by atoms with Crippen LogP contribution in [0.25, 0.3) is 10.2 Å². The molecule has 1 amide bonds. The predicted molar refractivity (Wildman–Crippen MR) is 122 cm³/mol. The van der Waals surface area contributed by atoms with Crippen LogP contribution in [0.5, 0.6) is 0 Å². The van der Waals surface area contributed by atoms with Crippen LogP contribution in [0.1, 0.15) is 27.7 Å². The Morgan fingerprint density at radius 3 is 2.58 bits per heavy atom. The number of thiophene rings is 1. The Labute approximate surface area is 183 Å². The standard InChI is InChI=1S/C23H20N4O3S/c1-14-19-21(27-18-10-6-9-17(11-18)26-15(2)28)24-13-25-22(19)31-20(14)23(29)30-12-16-7-4-3-5-8-16/h3-11,13H,12H2,1-2H3,(H,26,28)(H,24,25,27). The van der Waals surface area contributed by atoms with Gasteiger partial charge in [0, 0.05) is 18.3 Å². The summed E-state index contributed by atoms with van der Waals surface area (Å²) in [5.74, 6) is 0.0534. The summed E-state index contributed by atoms with van der Waals surface area (Å²) >= 11 is 1.28. The molecule has 2 aromatic heterocycles. The van der Waals surface area contributed by atoms with Crippen molar-refractivity contribution in [1.82, 2.24) is 9.97 Å². The Hall–Kier alpha value is -3.78. The van der Waals surface area contributed by atoms with E-state index in [0.717, 1.165) is 22.2 Å². The average molecular weight is 433 g/mol. The van der Waals surface area contributed by atoms with Gasteiger partial charge in [-0.3, -0.25) is 4.79 Å². The van der Waals surface area contributed by atoms with Gasteiger partial charge in [-0.1, -0.05) is 36.4 Å². The van der Waals surface area contributed by atoms with E-state index in [2.05, 4.69) is 20.6 Å². The zero-order valence-electron chi connectivity index (χ0n) is 17.0. The van der Waals surface area contributed by atoms with Gasteiger partial charge in [0.25, 0.3) is 0 Å². The number of nitrogens with one attached hydrogen (secondary N) is 2. The molecule has 0 aliphatic heterocycles. The first kappa shape index (κ1) is 20.5. The number of esters is 1. The van der Waals surface area contributed by atoms with Gasteiger partial charge >= 0.3 is 5.97 Å². The van der Waals surface area contributed by atoms with Crippen LogP contribution in [0.3, 0.4) is 0 Å². The highest BCUT2D eigenvalue weighted by molar-refractivity contribution is 7.20. The highest BCUT2D eigenvalue weighted by atomic mass is 32.1. The second-order valence-electron chi connectivity index (χ2n) is 6.91. The fourth-order valence-electron chi connectivity index (χ4n) is 3.16. The number of carbonyl (C=O) groups is 2. The topological polar surface area (TPSA) is 93.2 Å². The van der Waals surface area contributed by atoms with Crippen molar-refractivity contribution in [3.05, 3.63) is 76.9 Å². The molecule has 0 radical (unpaired) electrons. The van der Waals surface area contributed by atoms with E-state index in [9.17, 15) is 9.59 Å². The second-order valence-corrected chi connectivity index (χ2v) is 7.91. The summed E-state index contributed by atoms with van der Waals surface area (Å²) in [4.78, 5) is 33.9. The molecule has 0 bridgehead atoms. The smallest absolute Gasteiger partial charge is 0.349 e. The lowest BCUT2D eigenvalue weighted by Crippen LogP contribution is -2.06. The Morgan fingerprint density at radius 1 is 1.03 bits per heavy atom. The third-order valence-corrected chi connectivity index (χ3v) is 5.75. The van der Waals surface area contributed by atoms with Crippen LogP contribution in [-0.2, 0) is 16.1 Å². The van der Waals surface area contributed by atoms with Gasteiger partial charge in [-0.2, -0.15) is 0 Å². The molecule has 0 spiro atoms. The number of hydrogen-bond donors (Lipinski definition) is 2. The number of benzene rings is 2. The third kappa shape index (κ3) is 4.70. The molecule has 2 aromatic carbocycles. The van der Waals surface area contributed by atoms with Crippen LogP contribution in [0.15, 0.2) is 60.9 Å². The minimum atomic E-state index is -0.386. The Balaban J connectivity index is 1.59. The van der Waals surface area contributed by atoms with E-state index in [1.807, 2.05) is 55.5 Å². The molecule has 7 nitrogen and oxygen atoms in total. The number of nitrogens with zero attached hydrogens (tertiary/aromatic N) is 2. The SMILES string of the molecule is CC(=O)Nc1cccc(Nc2ncnc3sc(C(=O)OCc4ccccc4)c(C)c23)c1. The molecule has 2 N–H and O–H groups in total. The fraction of sp³-hybridized carbons (Fsp3) is 0.130. The highest BCUT2D eigenvalue weighted by Gasteiger charge is 2.20. The highest BCUT2D eigenvalue weighted by Crippen LogP contribution is 2.35. The maximum Gasteiger partial charge on any atom is 0.349 e. The van der Waals surface area contributed by atoms with Crippen LogP contribution >= 0.6 is 11.3 Å². The summed E-state index contributed by atoms with van der Waals surface area (Å²) in [5, 5.41) is 6.79. The van der Waals surface area contributed by atoms with Crippen molar-refractivity contribution in [2.75, 3.05) is 10.6 Å². The second kappa shape index (κ2) is 8.93. The number of aryl methyl sites for hydroxylation is 1. The zero-order valence-corrected chi connectivity index (χ0v) is 17.8. The normalized spacial score (nSPS) is 10.6. The molecule has 4 aromatic rings. The van der Waals surface area contributed by atoms with Gasteiger partial charge in [-0.05, 0) is 36.2 Å². The quantitative estimate of drug-likeness (QED) is 0.414. The Bertz CT molecular complexity index is 1250. The molecule has 0 saturated heterocycles.